The molecule has 224 valence electrons. The second-order valence-corrected chi connectivity index (χ2v) is 13.2. The van der Waals surface area contributed by atoms with Gasteiger partial charge in [-0.2, -0.15) is 0 Å². The third kappa shape index (κ3) is 8.17. The van der Waals surface area contributed by atoms with Crippen molar-refractivity contribution in [2.75, 3.05) is 17.4 Å². The first-order chi connectivity index (χ1) is 20.6. The van der Waals surface area contributed by atoms with Crippen LogP contribution in [-0.2, 0) is 32.6 Å². The van der Waals surface area contributed by atoms with Crippen LogP contribution in [0, 0.1) is 0 Å². The van der Waals surface area contributed by atoms with Crippen molar-refractivity contribution in [3.05, 3.63) is 129 Å². The van der Waals surface area contributed by atoms with Crippen LogP contribution in [0.3, 0.4) is 0 Å². The van der Waals surface area contributed by atoms with Crippen LogP contribution in [0.2, 0.25) is 10.0 Å². The number of nitrogens with one attached hydrogen (secondary N) is 1. The Morgan fingerprint density at radius 3 is 2.00 bits per heavy atom. The molecule has 0 radical (unpaired) electrons. The minimum absolute atomic E-state index is 0.0241. The zero-order valence-corrected chi connectivity index (χ0v) is 27.2. The van der Waals surface area contributed by atoms with E-state index in [0.717, 1.165) is 14.3 Å². The van der Waals surface area contributed by atoms with Crippen LogP contribution in [0.5, 0.6) is 0 Å². The number of carbonyl (C=O) groups is 2. The monoisotopic (exact) mass is 701 g/mol. The fraction of sp³-hybridized carbons (Fsp3) is 0.188. The summed E-state index contributed by atoms with van der Waals surface area (Å²) in [4.78, 5) is 29.3. The van der Waals surface area contributed by atoms with Crippen LogP contribution in [0.4, 0.5) is 5.69 Å². The van der Waals surface area contributed by atoms with Gasteiger partial charge in [-0.15, -0.1) is 0 Å². The summed E-state index contributed by atoms with van der Waals surface area (Å²) in [5, 5.41) is 3.47. The van der Waals surface area contributed by atoms with Crippen LogP contribution in [0.15, 0.2) is 112 Å². The third-order valence-electron chi connectivity index (χ3n) is 6.74. The fourth-order valence-electron chi connectivity index (χ4n) is 4.56. The number of rotatable bonds is 12. The summed E-state index contributed by atoms with van der Waals surface area (Å²) < 4.78 is 29.7. The average molecular weight is 703 g/mol. The topological polar surface area (TPSA) is 86.8 Å². The van der Waals surface area contributed by atoms with Gasteiger partial charge >= 0.3 is 0 Å². The Morgan fingerprint density at radius 1 is 0.837 bits per heavy atom. The van der Waals surface area contributed by atoms with Gasteiger partial charge in [0, 0.05) is 39.6 Å². The van der Waals surface area contributed by atoms with Crippen molar-refractivity contribution in [1.29, 1.82) is 0 Å². The van der Waals surface area contributed by atoms with Crippen LogP contribution in [0.25, 0.3) is 0 Å². The molecule has 0 aliphatic carbocycles. The van der Waals surface area contributed by atoms with Crippen molar-refractivity contribution < 1.29 is 18.0 Å². The molecule has 43 heavy (non-hydrogen) atoms. The number of nitrogens with zero attached hydrogens (tertiary/aromatic N) is 2. The van der Waals surface area contributed by atoms with Gasteiger partial charge < -0.3 is 10.2 Å². The van der Waals surface area contributed by atoms with Crippen molar-refractivity contribution >= 4 is 66.7 Å². The Bertz CT molecular complexity index is 1640. The summed E-state index contributed by atoms with van der Waals surface area (Å²) in [6.45, 7) is 1.43. The molecular weight excluding hydrogens is 673 g/mol. The Morgan fingerprint density at radius 2 is 1.42 bits per heavy atom. The Kier molecular flexibility index (Phi) is 11.3. The van der Waals surface area contributed by atoms with Gasteiger partial charge in [0.1, 0.15) is 12.6 Å². The lowest BCUT2D eigenvalue weighted by Gasteiger charge is -2.34. The lowest BCUT2D eigenvalue weighted by atomic mass is 10.0. The molecule has 4 aromatic rings. The SMILES string of the molecule is CCNC(=O)[C@@H](Cc1ccccc1)N(Cc1c(Cl)cccc1Cl)C(=O)CN(c1ccc(Br)cc1)S(=O)(=O)c1ccccc1. The molecule has 0 spiro atoms. The smallest absolute Gasteiger partial charge is 0.264 e. The van der Waals surface area contributed by atoms with Gasteiger partial charge in [0.05, 0.1) is 10.6 Å². The predicted molar refractivity (Wildman–Crippen MR) is 175 cm³/mol. The minimum atomic E-state index is -4.18. The lowest BCUT2D eigenvalue weighted by molar-refractivity contribution is -0.140. The number of carbonyl (C=O) groups excluding carboxylic acids is 2. The van der Waals surface area contributed by atoms with Crippen molar-refractivity contribution in [3.63, 3.8) is 0 Å². The van der Waals surface area contributed by atoms with Crippen molar-refractivity contribution in [2.24, 2.45) is 0 Å². The first kappa shape index (κ1) is 32.5. The molecule has 0 unspecified atom stereocenters. The van der Waals surface area contributed by atoms with E-state index < -0.39 is 28.5 Å². The van der Waals surface area contributed by atoms with Crippen LogP contribution in [-0.4, -0.2) is 44.3 Å². The maximum absolute atomic E-state index is 14.4. The molecule has 1 atom stereocenters. The molecule has 0 fully saturated rings. The second kappa shape index (κ2) is 14.9. The predicted octanol–water partition coefficient (Wildman–Crippen LogP) is 6.73. The highest BCUT2D eigenvalue weighted by atomic mass is 79.9. The molecule has 0 aliphatic heterocycles. The number of hydrogen-bond acceptors (Lipinski definition) is 4. The molecule has 1 N–H and O–H groups in total. The molecule has 0 heterocycles. The Labute approximate surface area is 270 Å². The number of likely N-dealkylation sites (N-methyl/N-ethyl adjacent to an activating group) is 1. The van der Waals surface area contributed by atoms with Crippen molar-refractivity contribution in [1.82, 2.24) is 10.2 Å². The van der Waals surface area contributed by atoms with E-state index in [1.807, 2.05) is 30.3 Å². The summed E-state index contributed by atoms with van der Waals surface area (Å²) >= 11 is 16.4. The normalized spacial score (nSPS) is 11.9. The number of hydrogen-bond donors (Lipinski definition) is 1. The first-order valence-electron chi connectivity index (χ1n) is 13.5. The zero-order valence-electron chi connectivity index (χ0n) is 23.3. The molecule has 0 aromatic heterocycles. The van der Waals surface area contributed by atoms with Gasteiger partial charge in [-0.3, -0.25) is 13.9 Å². The summed E-state index contributed by atoms with van der Waals surface area (Å²) in [5.74, 6) is -0.991. The number of amides is 2. The standard InChI is InChI=1S/C32H30BrCl2N3O4S/c1-2-36-32(40)30(20-23-10-5-3-6-11-23)37(21-27-28(34)14-9-15-29(27)35)31(39)22-38(25-18-16-24(33)17-19-25)43(41,42)26-12-7-4-8-13-26/h3-19,30H,2,20-22H2,1H3,(H,36,40)/t30-/m1/s1. The van der Waals surface area contributed by atoms with E-state index in [2.05, 4.69) is 21.2 Å². The lowest BCUT2D eigenvalue weighted by Crippen LogP contribution is -2.53. The minimum Gasteiger partial charge on any atom is -0.355 e. The molecule has 7 nitrogen and oxygen atoms in total. The molecule has 11 heteroatoms. The summed E-state index contributed by atoms with van der Waals surface area (Å²) in [7, 11) is -4.18. The number of sulfonamides is 1. The maximum atomic E-state index is 14.4. The van der Waals surface area contributed by atoms with Crippen molar-refractivity contribution in [3.8, 4) is 0 Å². The van der Waals surface area contributed by atoms with Gasteiger partial charge in [0.25, 0.3) is 10.0 Å². The van der Waals surface area contributed by atoms with Gasteiger partial charge in [0.2, 0.25) is 11.8 Å². The van der Waals surface area contributed by atoms with Gasteiger partial charge in [-0.1, -0.05) is 93.7 Å². The van der Waals surface area contributed by atoms with Crippen molar-refractivity contribution in [2.45, 2.75) is 30.8 Å². The largest absolute Gasteiger partial charge is 0.355 e. The highest BCUT2D eigenvalue weighted by Crippen LogP contribution is 2.29. The second-order valence-electron chi connectivity index (χ2n) is 9.62. The van der Waals surface area contributed by atoms with E-state index >= 15 is 0 Å². The molecule has 4 rings (SSSR count). The number of anilines is 1. The van der Waals surface area contributed by atoms with E-state index in [0.29, 0.717) is 22.2 Å². The van der Waals surface area contributed by atoms with E-state index in [1.165, 1.54) is 17.0 Å². The molecule has 0 bridgehead atoms. The van der Waals surface area contributed by atoms with Crippen LogP contribution >= 0.6 is 39.1 Å². The number of benzene rings is 4. The Balaban J connectivity index is 1.82. The summed E-state index contributed by atoms with van der Waals surface area (Å²) in [6, 6.07) is 27.8. The highest BCUT2D eigenvalue weighted by molar-refractivity contribution is 9.10. The molecule has 0 aliphatic rings. The number of halogens is 3. The zero-order chi connectivity index (χ0) is 31.0. The molecule has 4 aromatic carbocycles. The Hall–Kier alpha value is -3.37. The quantitative estimate of drug-likeness (QED) is 0.178. The maximum Gasteiger partial charge on any atom is 0.264 e. The van der Waals surface area contributed by atoms with Crippen LogP contribution in [0.1, 0.15) is 18.1 Å². The van der Waals surface area contributed by atoms with E-state index in [-0.39, 0.29) is 29.5 Å². The molecule has 2 amide bonds. The van der Waals surface area contributed by atoms with Gasteiger partial charge in [0.15, 0.2) is 0 Å². The fourth-order valence-corrected chi connectivity index (χ4v) is 6.77. The summed E-state index contributed by atoms with van der Waals surface area (Å²) in [6.07, 6.45) is 0.185. The van der Waals surface area contributed by atoms with Gasteiger partial charge in [-0.25, -0.2) is 8.42 Å². The molecule has 0 saturated carbocycles. The molecular formula is C32H30BrCl2N3O4S. The van der Waals surface area contributed by atoms with E-state index in [1.54, 1.807) is 67.6 Å². The van der Waals surface area contributed by atoms with Gasteiger partial charge in [-0.05, 0) is 61.0 Å². The average Bonchev–Trinajstić information content (AvgIpc) is 3.00. The first-order valence-corrected chi connectivity index (χ1v) is 16.5. The van der Waals surface area contributed by atoms with E-state index in [4.69, 9.17) is 23.2 Å². The molecule has 0 saturated heterocycles. The van der Waals surface area contributed by atoms with Crippen LogP contribution < -0.4 is 9.62 Å². The highest BCUT2D eigenvalue weighted by Gasteiger charge is 2.35. The van der Waals surface area contributed by atoms with E-state index in [9.17, 15) is 18.0 Å². The summed E-state index contributed by atoms with van der Waals surface area (Å²) in [5.41, 5.74) is 1.56. The third-order valence-corrected chi connectivity index (χ3v) is 9.76.